The number of nitrogens with one attached hydrogen (secondary N) is 1. The van der Waals surface area contributed by atoms with Gasteiger partial charge in [-0.3, -0.25) is 9.69 Å². The van der Waals surface area contributed by atoms with Crippen LogP contribution in [-0.2, 0) is 0 Å². The Morgan fingerprint density at radius 3 is 2.76 bits per heavy atom. The molecule has 4 N–H and O–H groups in total. The molecule has 0 atom stereocenters. The van der Waals surface area contributed by atoms with Crippen molar-refractivity contribution in [2.24, 2.45) is 5.73 Å². The van der Waals surface area contributed by atoms with Gasteiger partial charge in [-0.05, 0) is 6.92 Å². The van der Waals surface area contributed by atoms with Crippen molar-refractivity contribution in [1.29, 1.82) is 0 Å². The van der Waals surface area contributed by atoms with E-state index in [4.69, 9.17) is 10.8 Å². The topological polar surface area (TPSA) is 120 Å². The lowest BCUT2D eigenvalue weighted by Crippen LogP contribution is -2.47. The molecule has 1 fully saturated rings. The second kappa shape index (κ2) is 7.72. The van der Waals surface area contributed by atoms with E-state index in [1.807, 2.05) is 13.0 Å². The normalized spacial score (nSPS) is 15.4. The molecule has 0 saturated carbocycles. The number of nitrogens with two attached hydrogens (primary N) is 1. The summed E-state index contributed by atoms with van der Waals surface area (Å²) in [5.41, 5.74) is 5.25. The number of aliphatic hydroxyl groups is 1. The summed E-state index contributed by atoms with van der Waals surface area (Å²) in [5.74, 6) is 1.64. The van der Waals surface area contributed by atoms with E-state index in [1.54, 1.807) is 0 Å². The van der Waals surface area contributed by atoms with E-state index >= 15 is 0 Å². The Morgan fingerprint density at radius 2 is 2.12 bits per heavy atom. The quantitative estimate of drug-likeness (QED) is 0.665. The summed E-state index contributed by atoms with van der Waals surface area (Å²) in [6.07, 6.45) is 1.45. The van der Waals surface area contributed by atoms with Crippen molar-refractivity contribution < 1.29 is 9.90 Å². The second-order valence-electron chi connectivity index (χ2n) is 5.73. The van der Waals surface area contributed by atoms with Gasteiger partial charge in [-0.25, -0.2) is 15.0 Å². The van der Waals surface area contributed by atoms with Crippen LogP contribution < -0.4 is 16.0 Å². The van der Waals surface area contributed by atoms with Crippen LogP contribution in [0.2, 0.25) is 0 Å². The van der Waals surface area contributed by atoms with Gasteiger partial charge in [0.2, 0.25) is 0 Å². The Labute approximate surface area is 149 Å². The third kappa shape index (κ3) is 4.41. The van der Waals surface area contributed by atoms with Crippen molar-refractivity contribution >= 4 is 34.0 Å². The zero-order chi connectivity index (χ0) is 17.8. The number of aliphatic hydroxyl groups excluding tert-OH is 1. The van der Waals surface area contributed by atoms with Gasteiger partial charge in [0.15, 0.2) is 5.13 Å². The van der Waals surface area contributed by atoms with Crippen molar-refractivity contribution in [2.75, 3.05) is 49.5 Å². The molecule has 0 unspecified atom stereocenters. The van der Waals surface area contributed by atoms with Gasteiger partial charge in [0.05, 0.1) is 12.8 Å². The number of hydrogen-bond acceptors (Lipinski definition) is 9. The van der Waals surface area contributed by atoms with Gasteiger partial charge in [-0.1, -0.05) is 11.3 Å². The molecule has 1 saturated heterocycles. The Kier molecular flexibility index (Phi) is 5.41. The van der Waals surface area contributed by atoms with E-state index in [1.165, 1.54) is 17.5 Å². The van der Waals surface area contributed by atoms with Gasteiger partial charge in [-0.2, -0.15) is 0 Å². The SMILES string of the molecule is Cc1nc(Nc2ncc(C(N)=O)s2)cc(N2CCN(CCO)CC2)n1. The number of amides is 1. The Bertz CT molecular complexity index is 743. The van der Waals surface area contributed by atoms with Gasteiger partial charge >= 0.3 is 0 Å². The maximum atomic E-state index is 11.2. The average molecular weight is 363 g/mol. The molecule has 0 bridgehead atoms. The lowest BCUT2D eigenvalue weighted by molar-refractivity contribution is 0.100. The standard InChI is InChI=1S/C15H21N7O2S/c1-10-18-12(20-15-17-9-11(25-15)14(16)24)8-13(19-10)22-4-2-21(3-5-22)6-7-23/h8-9,23H,2-7H2,1H3,(H2,16,24)(H,17,18,19,20). The minimum Gasteiger partial charge on any atom is -0.395 e. The fraction of sp³-hybridized carbons (Fsp3) is 0.467. The fourth-order valence-corrected chi connectivity index (χ4v) is 3.35. The Morgan fingerprint density at radius 1 is 1.36 bits per heavy atom. The number of nitrogens with zero attached hydrogens (tertiary/aromatic N) is 5. The van der Waals surface area contributed by atoms with E-state index in [9.17, 15) is 4.79 Å². The van der Waals surface area contributed by atoms with Crippen LogP contribution in [0, 0.1) is 6.92 Å². The minimum absolute atomic E-state index is 0.182. The predicted octanol–water partition coefficient (Wildman–Crippen LogP) is 0.198. The molecule has 3 rings (SSSR count). The number of rotatable bonds is 6. The monoisotopic (exact) mass is 363 g/mol. The number of piperazine rings is 1. The summed E-state index contributed by atoms with van der Waals surface area (Å²) in [6, 6.07) is 1.88. The molecular formula is C15H21N7O2S. The average Bonchev–Trinajstić information content (AvgIpc) is 3.04. The van der Waals surface area contributed by atoms with Crippen LogP contribution in [0.4, 0.5) is 16.8 Å². The highest BCUT2D eigenvalue weighted by molar-refractivity contribution is 7.17. The lowest BCUT2D eigenvalue weighted by Gasteiger charge is -2.35. The molecule has 25 heavy (non-hydrogen) atoms. The molecule has 1 aliphatic rings. The second-order valence-corrected chi connectivity index (χ2v) is 6.76. The third-order valence-corrected chi connectivity index (χ3v) is 4.85. The smallest absolute Gasteiger partial charge is 0.260 e. The van der Waals surface area contributed by atoms with Gasteiger partial charge in [0.25, 0.3) is 5.91 Å². The maximum Gasteiger partial charge on any atom is 0.260 e. The zero-order valence-electron chi connectivity index (χ0n) is 14.0. The van der Waals surface area contributed by atoms with E-state index in [0.717, 1.165) is 32.0 Å². The van der Waals surface area contributed by atoms with Crippen LogP contribution in [-0.4, -0.2) is 70.2 Å². The molecule has 0 radical (unpaired) electrons. The van der Waals surface area contributed by atoms with Crippen LogP contribution in [0.5, 0.6) is 0 Å². The van der Waals surface area contributed by atoms with Gasteiger partial charge in [0, 0.05) is 38.8 Å². The summed E-state index contributed by atoms with van der Waals surface area (Å²) in [7, 11) is 0. The van der Waals surface area contributed by atoms with Gasteiger partial charge < -0.3 is 21.1 Å². The number of carbonyl (C=O) groups is 1. The molecule has 0 aliphatic carbocycles. The van der Waals surface area contributed by atoms with Gasteiger partial charge in [0.1, 0.15) is 22.3 Å². The van der Waals surface area contributed by atoms with Gasteiger partial charge in [-0.15, -0.1) is 0 Å². The van der Waals surface area contributed by atoms with E-state index in [-0.39, 0.29) is 6.61 Å². The van der Waals surface area contributed by atoms with Crippen molar-refractivity contribution in [3.63, 3.8) is 0 Å². The maximum absolute atomic E-state index is 11.2. The Hall–Kier alpha value is -2.30. The minimum atomic E-state index is -0.495. The summed E-state index contributed by atoms with van der Waals surface area (Å²) < 4.78 is 0. The number of primary amides is 1. The highest BCUT2D eigenvalue weighted by Crippen LogP contribution is 2.24. The molecule has 2 aromatic rings. The first-order valence-electron chi connectivity index (χ1n) is 8.01. The summed E-state index contributed by atoms with van der Waals surface area (Å²) in [5, 5.41) is 12.7. The van der Waals surface area contributed by atoms with E-state index in [2.05, 4.69) is 30.1 Å². The molecule has 3 heterocycles. The van der Waals surface area contributed by atoms with Crippen LogP contribution in [0.3, 0.4) is 0 Å². The number of aryl methyl sites for hydroxylation is 1. The molecule has 134 valence electrons. The number of aromatic nitrogens is 3. The van der Waals surface area contributed by atoms with Crippen molar-refractivity contribution in [3.05, 3.63) is 23.0 Å². The summed E-state index contributed by atoms with van der Waals surface area (Å²) in [4.78, 5) is 29.0. The number of β-amino-alcohol motifs (C(OH)–C–C–N with tert-alkyl or cyclic N) is 1. The van der Waals surface area contributed by atoms with Crippen molar-refractivity contribution in [1.82, 2.24) is 19.9 Å². The molecule has 9 nitrogen and oxygen atoms in total. The zero-order valence-corrected chi connectivity index (χ0v) is 14.8. The molecule has 10 heteroatoms. The fourth-order valence-electron chi connectivity index (χ4n) is 2.68. The number of hydrogen-bond donors (Lipinski definition) is 3. The number of thiazole rings is 1. The molecule has 1 amide bonds. The van der Waals surface area contributed by atoms with Crippen LogP contribution in [0.25, 0.3) is 0 Å². The van der Waals surface area contributed by atoms with Crippen molar-refractivity contribution in [3.8, 4) is 0 Å². The Balaban J connectivity index is 1.71. The first kappa shape index (κ1) is 17.5. The first-order valence-corrected chi connectivity index (χ1v) is 8.83. The summed E-state index contributed by atoms with van der Waals surface area (Å²) >= 11 is 1.19. The molecule has 2 aromatic heterocycles. The number of carbonyl (C=O) groups excluding carboxylic acids is 1. The highest BCUT2D eigenvalue weighted by atomic mass is 32.1. The largest absolute Gasteiger partial charge is 0.395 e. The first-order chi connectivity index (χ1) is 12.0. The molecular weight excluding hydrogens is 342 g/mol. The predicted molar refractivity (Wildman–Crippen MR) is 96.4 cm³/mol. The van der Waals surface area contributed by atoms with Crippen LogP contribution in [0.15, 0.2) is 12.3 Å². The molecule has 0 spiro atoms. The highest BCUT2D eigenvalue weighted by Gasteiger charge is 2.19. The number of anilines is 3. The van der Waals surface area contributed by atoms with Crippen LogP contribution >= 0.6 is 11.3 Å². The molecule has 0 aromatic carbocycles. The third-order valence-electron chi connectivity index (χ3n) is 3.92. The lowest BCUT2D eigenvalue weighted by atomic mass is 10.3. The molecule has 1 aliphatic heterocycles. The summed E-state index contributed by atoms with van der Waals surface area (Å²) in [6.45, 7) is 6.20. The van der Waals surface area contributed by atoms with Crippen molar-refractivity contribution in [2.45, 2.75) is 6.92 Å². The van der Waals surface area contributed by atoms with E-state index < -0.39 is 5.91 Å². The van der Waals surface area contributed by atoms with Crippen LogP contribution in [0.1, 0.15) is 15.5 Å². The van der Waals surface area contributed by atoms with E-state index in [0.29, 0.717) is 28.2 Å².